The number of anilines is 2. The highest BCUT2D eigenvalue weighted by Gasteiger charge is 2.24. The lowest BCUT2D eigenvalue weighted by atomic mass is 10.2. The number of ketones is 1. The van der Waals surface area contributed by atoms with Crippen LogP contribution in [0.15, 0.2) is 29.2 Å². The molecule has 0 fully saturated rings. The lowest BCUT2D eigenvalue weighted by Gasteiger charge is -2.24. The Hall–Kier alpha value is -4.13. The normalized spacial score (nSPS) is 11.4. The Labute approximate surface area is 195 Å². The number of carbonyl (C=O) groups excluding carboxylic acids is 2. The molecule has 13 nitrogen and oxygen atoms in total. The van der Waals surface area contributed by atoms with Crippen LogP contribution in [0, 0.1) is 0 Å². The molecular weight excluding hydrogens is 444 g/mol. The van der Waals surface area contributed by atoms with E-state index >= 15 is 0 Å². The van der Waals surface area contributed by atoms with E-state index in [4.69, 9.17) is 20.9 Å². The summed E-state index contributed by atoms with van der Waals surface area (Å²) in [4.78, 5) is 45.1. The first kappa shape index (κ1) is 24.5. The summed E-state index contributed by atoms with van der Waals surface area (Å²) >= 11 is 0. The van der Waals surface area contributed by atoms with Gasteiger partial charge in [0.1, 0.15) is 30.4 Å². The summed E-state index contributed by atoms with van der Waals surface area (Å²) in [6.45, 7) is 2.63. The van der Waals surface area contributed by atoms with Crippen molar-refractivity contribution in [2.75, 3.05) is 45.2 Å². The van der Waals surface area contributed by atoms with Gasteiger partial charge in [-0.3, -0.25) is 30.6 Å². The molecule has 0 saturated heterocycles. The van der Waals surface area contributed by atoms with E-state index in [1.165, 1.54) is 18.0 Å². The van der Waals surface area contributed by atoms with Gasteiger partial charge in [-0.2, -0.15) is 4.98 Å². The first-order valence-electron chi connectivity index (χ1n) is 10.6. The second-order valence-electron chi connectivity index (χ2n) is 7.57. The van der Waals surface area contributed by atoms with Gasteiger partial charge in [0.2, 0.25) is 5.91 Å². The molecule has 0 spiro atoms. The number of carbonyl (C=O) groups is 2. The van der Waals surface area contributed by atoms with Gasteiger partial charge in [0, 0.05) is 13.1 Å². The van der Waals surface area contributed by atoms with E-state index < -0.39 is 5.69 Å². The van der Waals surface area contributed by atoms with Crippen molar-refractivity contribution in [1.82, 2.24) is 19.8 Å². The van der Waals surface area contributed by atoms with Crippen LogP contribution in [0.3, 0.4) is 0 Å². The molecule has 0 radical (unpaired) electrons. The largest absolute Gasteiger partial charge is 0.488 e. The second kappa shape index (κ2) is 11.1. The van der Waals surface area contributed by atoms with Crippen molar-refractivity contribution in [3.63, 3.8) is 0 Å². The molecule has 1 amide bonds. The average Bonchev–Trinajstić information content (AvgIpc) is 2.78. The number of hydrogen-bond donors (Lipinski definition) is 5. The molecule has 0 saturated carbocycles. The van der Waals surface area contributed by atoms with Gasteiger partial charge in [-0.1, -0.05) is 6.07 Å². The van der Waals surface area contributed by atoms with Crippen LogP contribution in [0.4, 0.5) is 11.5 Å². The molecule has 0 unspecified atom stereocenters. The van der Waals surface area contributed by atoms with E-state index in [0.29, 0.717) is 36.8 Å². The molecule has 0 atom stereocenters. The van der Waals surface area contributed by atoms with Crippen LogP contribution in [-0.2, 0) is 16.1 Å². The van der Waals surface area contributed by atoms with Crippen LogP contribution < -0.4 is 42.3 Å². The molecule has 3 rings (SSSR count). The zero-order valence-corrected chi connectivity index (χ0v) is 19.1. The minimum Gasteiger partial charge on any atom is -0.488 e. The van der Waals surface area contributed by atoms with E-state index in [-0.39, 0.29) is 48.9 Å². The predicted molar refractivity (Wildman–Crippen MR) is 124 cm³/mol. The lowest BCUT2D eigenvalue weighted by molar-refractivity contribution is -0.461. The number of nitrogens with one attached hydrogen (secondary N) is 3. The van der Waals surface area contributed by atoms with Crippen LogP contribution in [0.2, 0.25) is 0 Å². The fourth-order valence-corrected chi connectivity index (χ4v) is 3.24. The van der Waals surface area contributed by atoms with Crippen LogP contribution >= 0.6 is 0 Å². The number of ether oxygens (including phenoxy) is 2. The minimum absolute atomic E-state index is 0.0345. The number of hydrogen-bond acceptors (Lipinski definition) is 8. The van der Waals surface area contributed by atoms with Crippen molar-refractivity contribution in [1.29, 1.82) is 0 Å². The van der Waals surface area contributed by atoms with Crippen LogP contribution in [0.25, 0.3) is 0 Å². The topological polar surface area (TPSA) is 181 Å². The molecule has 7 N–H and O–H groups in total. The van der Waals surface area contributed by atoms with Gasteiger partial charge in [0.15, 0.2) is 17.3 Å². The molecule has 0 bridgehead atoms. The summed E-state index contributed by atoms with van der Waals surface area (Å²) in [5, 5.41) is 6.00. The van der Waals surface area contributed by atoms with Crippen molar-refractivity contribution in [3.05, 3.63) is 34.9 Å². The van der Waals surface area contributed by atoms with Gasteiger partial charge < -0.3 is 25.0 Å². The number of likely N-dealkylation sites (N-methyl/N-ethyl adjacent to an activating group) is 1. The second-order valence-corrected chi connectivity index (χ2v) is 7.57. The van der Waals surface area contributed by atoms with E-state index in [1.54, 1.807) is 25.2 Å². The highest BCUT2D eigenvalue weighted by atomic mass is 16.5. The standard InChI is InChI=1S/C21H28N8O5/c1-13(30)10-28(8-6-24-2)17(31)12-29-11-16-19(27-21(29)32)26-18-14(4-3-5-15(18)34-16)33-9-7-25-20(22)23/h3-5,11,24H,6-10,12H2,1-2H3,(H4,22,23,25)(H,26,27,32)/p+1. The van der Waals surface area contributed by atoms with Crippen molar-refractivity contribution in [2.24, 2.45) is 11.5 Å². The third-order valence-electron chi connectivity index (χ3n) is 4.80. The van der Waals surface area contributed by atoms with Gasteiger partial charge in [0.05, 0.1) is 19.3 Å². The summed E-state index contributed by atoms with van der Waals surface area (Å²) in [6, 6.07) is 5.23. The maximum absolute atomic E-state index is 12.7. The molecule has 13 heteroatoms. The highest BCUT2D eigenvalue weighted by Crippen LogP contribution is 2.44. The Balaban J connectivity index is 1.77. The number of Topliss-reactive ketones (excluding diaryl/α,β-unsaturated/α-hetero) is 1. The third kappa shape index (κ3) is 6.22. The molecule has 2 aromatic rings. The van der Waals surface area contributed by atoms with E-state index in [1.807, 2.05) is 0 Å². The number of amides is 1. The summed E-state index contributed by atoms with van der Waals surface area (Å²) in [5.41, 5.74) is 10.6. The molecule has 1 aliphatic rings. The third-order valence-corrected chi connectivity index (χ3v) is 4.80. The average molecular weight is 474 g/mol. The SMILES string of the molecule is CNCCN(CC(C)=O)C(=O)Cn1cc2c(nc1=O)Nc1c(OCC[NH+]=C(N)N)cccc1O2. The summed E-state index contributed by atoms with van der Waals surface area (Å²) < 4.78 is 12.8. The zero-order chi connectivity index (χ0) is 24.7. The Morgan fingerprint density at radius 1 is 1.32 bits per heavy atom. The fraction of sp³-hybridized carbons (Fsp3) is 0.381. The molecule has 0 aliphatic carbocycles. The number of aromatic nitrogens is 2. The van der Waals surface area contributed by atoms with Gasteiger partial charge in [-0.25, -0.2) is 4.79 Å². The Morgan fingerprint density at radius 2 is 2.12 bits per heavy atom. The maximum Gasteiger partial charge on any atom is 0.350 e. The smallest absolute Gasteiger partial charge is 0.350 e. The molecular formula is C21H29N8O5+. The Morgan fingerprint density at radius 3 is 2.82 bits per heavy atom. The fourth-order valence-electron chi connectivity index (χ4n) is 3.24. The monoisotopic (exact) mass is 473 g/mol. The van der Waals surface area contributed by atoms with Crippen LogP contribution in [0.1, 0.15) is 6.92 Å². The molecule has 34 heavy (non-hydrogen) atoms. The first-order valence-corrected chi connectivity index (χ1v) is 10.6. The summed E-state index contributed by atoms with van der Waals surface area (Å²) in [6.07, 6.45) is 1.42. The summed E-state index contributed by atoms with van der Waals surface area (Å²) in [7, 11) is 1.75. The van der Waals surface area contributed by atoms with E-state index in [0.717, 1.165) is 4.57 Å². The number of fused-ring (bicyclic) bond motifs is 2. The first-order chi connectivity index (χ1) is 16.3. The number of benzene rings is 1. The maximum atomic E-state index is 12.7. The van der Waals surface area contributed by atoms with Crippen molar-refractivity contribution >= 4 is 29.2 Å². The number of nitrogens with zero attached hydrogens (tertiary/aromatic N) is 3. The quantitative estimate of drug-likeness (QED) is 0.113. The van der Waals surface area contributed by atoms with Crippen molar-refractivity contribution in [2.45, 2.75) is 13.5 Å². The molecule has 2 heterocycles. The number of rotatable bonds is 11. The van der Waals surface area contributed by atoms with Crippen LogP contribution in [-0.4, -0.2) is 71.9 Å². The van der Waals surface area contributed by atoms with E-state index in [9.17, 15) is 14.4 Å². The number of nitrogens with two attached hydrogens (primary N) is 2. The Kier molecular flexibility index (Phi) is 8.03. The lowest BCUT2D eigenvalue weighted by Crippen LogP contribution is -2.79. The highest BCUT2D eigenvalue weighted by molar-refractivity contribution is 5.84. The molecule has 1 aliphatic heterocycles. The molecule has 1 aromatic carbocycles. The number of guanidine groups is 1. The van der Waals surface area contributed by atoms with Crippen LogP contribution in [0.5, 0.6) is 17.2 Å². The minimum atomic E-state index is -0.639. The van der Waals surface area contributed by atoms with Crippen molar-refractivity contribution < 1.29 is 24.1 Å². The summed E-state index contributed by atoms with van der Waals surface area (Å²) in [5.74, 6) is 1.00. The van der Waals surface area contributed by atoms with E-state index in [2.05, 4.69) is 20.6 Å². The zero-order valence-electron chi connectivity index (χ0n) is 19.1. The van der Waals surface area contributed by atoms with Crippen molar-refractivity contribution in [3.8, 4) is 17.2 Å². The Bertz CT molecular complexity index is 1140. The number of para-hydroxylation sites is 1. The van der Waals surface area contributed by atoms with Gasteiger partial charge in [-0.05, 0) is 26.1 Å². The van der Waals surface area contributed by atoms with Gasteiger partial charge in [0.25, 0.3) is 0 Å². The molecule has 182 valence electrons. The predicted octanol–water partition coefficient (Wildman–Crippen LogP) is -2.54. The molecule has 1 aromatic heterocycles. The van der Waals surface area contributed by atoms with Gasteiger partial charge >= 0.3 is 11.6 Å². The van der Waals surface area contributed by atoms with Gasteiger partial charge in [-0.15, -0.1) is 0 Å².